The van der Waals surface area contributed by atoms with Crippen LogP contribution in [0.2, 0.25) is 0 Å². The van der Waals surface area contributed by atoms with Crippen LogP contribution in [0, 0.1) is 0 Å². The molecular weight excluding hydrogens is 363 g/mol. The molecule has 2 heterocycles. The molecule has 0 aliphatic rings. The molecule has 92 valence electrons. The van der Waals surface area contributed by atoms with E-state index in [9.17, 15) is 0 Å². The van der Waals surface area contributed by atoms with Gasteiger partial charge in [-0.05, 0) is 43.7 Å². The SMILES string of the molecule is NCCc1ccc(-c2ccc(CCNI)s2)s1. The van der Waals surface area contributed by atoms with Crippen LogP contribution in [0.4, 0.5) is 0 Å². The molecule has 2 aromatic heterocycles. The Morgan fingerprint density at radius 1 is 1.00 bits per heavy atom. The molecule has 0 aromatic carbocycles. The van der Waals surface area contributed by atoms with E-state index < -0.39 is 0 Å². The van der Waals surface area contributed by atoms with Gasteiger partial charge < -0.3 is 5.73 Å². The fourth-order valence-electron chi connectivity index (χ4n) is 1.60. The van der Waals surface area contributed by atoms with E-state index in [-0.39, 0.29) is 0 Å². The van der Waals surface area contributed by atoms with Crippen LogP contribution in [0.15, 0.2) is 24.3 Å². The minimum Gasteiger partial charge on any atom is -0.330 e. The molecule has 0 saturated carbocycles. The highest BCUT2D eigenvalue weighted by atomic mass is 127. The summed E-state index contributed by atoms with van der Waals surface area (Å²) in [6, 6.07) is 8.86. The molecule has 0 bridgehead atoms. The van der Waals surface area contributed by atoms with Gasteiger partial charge in [0.1, 0.15) is 0 Å². The standard InChI is InChI=1S/C12H15IN2S2/c13-15-8-6-10-2-4-12(17-10)11-3-1-9(16-11)5-7-14/h1-4,15H,5-8,14H2. The number of halogens is 1. The zero-order chi connectivity index (χ0) is 12.1. The van der Waals surface area contributed by atoms with E-state index in [0.29, 0.717) is 0 Å². The maximum absolute atomic E-state index is 5.57. The predicted octanol–water partition coefficient (Wildman–Crippen LogP) is 3.46. The van der Waals surface area contributed by atoms with Gasteiger partial charge in [0.25, 0.3) is 0 Å². The Labute approximate surface area is 124 Å². The van der Waals surface area contributed by atoms with Gasteiger partial charge in [0, 0.05) is 48.9 Å². The van der Waals surface area contributed by atoms with Gasteiger partial charge in [0.15, 0.2) is 0 Å². The number of nitrogens with one attached hydrogen (secondary N) is 1. The third-order valence-electron chi connectivity index (χ3n) is 2.42. The van der Waals surface area contributed by atoms with Crippen molar-refractivity contribution in [3.8, 4) is 9.75 Å². The van der Waals surface area contributed by atoms with Crippen LogP contribution >= 0.6 is 45.5 Å². The smallest absolute Gasteiger partial charge is 0.0445 e. The van der Waals surface area contributed by atoms with Crippen molar-refractivity contribution in [2.45, 2.75) is 12.8 Å². The van der Waals surface area contributed by atoms with E-state index >= 15 is 0 Å². The lowest BCUT2D eigenvalue weighted by molar-refractivity contribution is 0.949. The molecule has 0 unspecified atom stereocenters. The van der Waals surface area contributed by atoms with E-state index in [2.05, 4.69) is 50.7 Å². The van der Waals surface area contributed by atoms with Crippen molar-refractivity contribution in [2.24, 2.45) is 5.73 Å². The van der Waals surface area contributed by atoms with Crippen molar-refractivity contribution in [1.29, 1.82) is 0 Å². The van der Waals surface area contributed by atoms with Crippen LogP contribution in [-0.4, -0.2) is 13.1 Å². The highest BCUT2D eigenvalue weighted by Crippen LogP contribution is 2.33. The maximum Gasteiger partial charge on any atom is 0.0445 e. The molecule has 0 spiro atoms. The quantitative estimate of drug-likeness (QED) is 0.597. The van der Waals surface area contributed by atoms with Gasteiger partial charge in [-0.2, -0.15) is 0 Å². The Kier molecular flexibility index (Phi) is 5.43. The first-order valence-corrected chi connectivity index (χ1v) is 8.26. The van der Waals surface area contributed by atoms with Gasteiger partial charge in [0.05, 0.1) is 0 Å². The van der Waals surface area contributed by atoms with Crippen LogP contribution < -0.4 is 9.26 Å². The first-order valence-electron chi connectivity index (χ1n) is 5.55. The summed E-state index contributed by atoms with van der Waals surface area (Å²) < 4.78 is 3.15. The van der Waals surface area contributed by atoms with Gasteiger partial charge in [-0.25, -0.2) is 0 Å². The third-order valence-corrected chi connectivity index (χ3v) is 5.45. The molecule has 0 aliphatic carbocycles. The molecule has 0 fully saturated rings. The summed E-state index contributed by atoms with van der Waals surface area (Å²) in [6.07, 6.45) is 2.09. The van der Waals surface area contributed by atoms with Crippen LogP contribution in [0.1, 0.15) is 9.75 Å². The summed E-state index contributed by atoms with van der Waals surface area (Å²) in [5, 5.41) is 0. The first kappa shape index (κ1) is 13.5. The lowest BCUT2D eigenvalue weighted by Gasteiger charge is -1.93. The molecular formula is C12H15IN2S2. The molecule has 0 atom stereocenters. The zero-order valence-corrected chi connectivity index (χ0v) is 13.2. The predicted molar refractivity (Wildman–Crippen MR) is 86.1 cm³/mol. The van der Waals surface area contributed by atoms with E-state index in [1.807, 2.05) is 22.7 Å². The maximum atomic E-state index is 5.57. The number of nitrogens with two attached hydrogens (primary N) is 1. The minimum absolute atomic E-state index is 0.733. The molecule has 0 saturated heterocycles. The van der Waals surface area contributed by atoms with Gasteiger partial charge in [-0.15, -0.1) is 22.7 Å². The Morgan fingerprint density at radius 3 is 2.12 bits per heavy atom. The van der Waals surface area contributed by atoms with Crippen molar-refractivity contribution >= 4 is 45.5 Å². The van der Waals surface area contributed by atoms with Crippen molar-refractivity contribution in [2.75, 3.05) is 13.1 Å². The molecule has 2 aromatic rings. The number of rotatable bonds is 6. The van der Waals surface area contributed by atoms with Crippen molar-refractivity contribution in [1.82, 2.24) is 3.53 Å². The minimum atomic E-state index is 0.733. The summed E-state index contributed by atoms with van der Waals surface area (Å²) in [5.41, 5.74) is 5.57. The van der Waals surface area contributed by atoms with Crippen LogP contribution in [0.25, 0.3) is 9.75 Å². The fraction of sp³-hybridized carbons (Fsp3) is 0.333. The van der Waals surface area contributed by atoms with Crippen LogP contribution in [-0.2, 0) is 12.8 Å². The summed E-state index contributed by atoms with van der Waals surface area (Å²) in [5.74, 6) is 0. The Morgan fingerprint density at radius 2 is 1.59 bits per heavy atom. The fourth-order valence-corrected chi connectivity index (χ4v) is 3.99. The van der Waals surface area contributed by atoms with Gasteiger partial charge >= 0.3 is 0 Å². The normalized spacial score (nSPS) is 10.9. The van der Waals surface area contributed by atoms with E-state index in [1.165, 1.54) is 19.5 Å². The molecule has 0 amide bonds. The van der Waals surface area contributed by atoms with Crippen LogP contribution in [0.5, 0.6) is 0 Å². The average Bonchev–Trinajstić information content (AvgIpc) is 2.95. The molecule has 0 radical (unpaired) electrons. The largest absolute Gasteiger partial charge is 0.330 e. The summed E-state index contributed by atoms with van der Waals surface area (Å²) in [4.78, 5) is 5.57. The van der Waals surface area contributed by atoms with Gasteiger partial charge in [-0.1, -0.05) is 0 Å². The van der Waals surface area contributed by atoms with E-state index in [0.717, 1.165) is 25.9 Å². The Bertz CT molecular complexity index is 465. The second kappa shape index (κ2) is 6.84. The highest BCUT2D eigenvalue weighted by molar-refractivity contribution is 14.1. The second-order valence-electron chi connectivity index (χ2n) is 3.70. The molecule has 3 N–H and O–H groups in total. The molecule has 5 heteroatoms. The molecule has 0 aliphatic heterocycles. The Balaban J connectivity index is 2.07. The summed E-state index contributed by atoms with van der Waals surface area (Å²) >= 11 is 5.94. The van der Waals surface area contributed by atoms with Gasteiger partial charge in [0.2, 0.25) is 0 Å². The number of hydrogen-bond acceptors (Lipinski definition) is 4. The summed E-state index contributed by atoms with van der Waals surface area (Å²) in [6.45, 7) is 1.76. The lowest BCUT2D eigenvalue weighted by atomic mass is 10.3. The summed E-state index contributed by atoms with van der Waals surface area (Å²) in [7, 11) is 0. The highest BCUT2D eigenvalue weighted by Gasteiger charge is 2.05. The zero-order valence-electron chi connectivity index (χ0n) is 9.41. The van der Waals surface area contributed by atoms with Gasteiger partial charge in [-0.3, -0.25) is 3.53 Å². The number of hydrogen-bond donors (Lipinski definition) is 2. The molecule has 2 rings (SSSR count). The Hall–Kier alpha value is 0.0500. The van der Waals surface area contributed by atoms with E-state index in [4.69, 9.17) is 5.73 Å². The monoisotopic (exact) mass is 378 g/mol. The molecule has 17 heavy (non-hydrogen) atoms. The van der Waals surface area contributed by atoms with E-state index in [1.54, 1.807) is 0 Å². The average molecular weight is 378 g/mol. The van der Waals surface area contributed by atoms with Crippen molar-refractivity contribution in [3.05, 3.63) is 34.0 Å². The van der Waals surface area contributed by atoms with Crippen LogP contribution in [0.3, 0.4) is 0 Å². The number of thiophene rings is 2. The lowest BCUT2D eigenvalue weighted by Crippen LogP contribution is -2.01. The molecule has 2 nitrogen and oxygen atoms in total. The van der Waals surface area contributed by atoms with Crippen molar-refractivity contribution < 1.29 is 0 Å². The topological polar surface area (TPSA) is 38.0 Å². The second-order valence-corrected chi connectivity index (χ2v) is 6.80. The van der Waals surface area contributed by atoms with Crippen molar-refractivity contribution in [3.63, 3.8) is 0 Å². The first-order chi connectivity index (χ1) is 8.33. The third kappa shape index (κ3) is 3.75.